The fraction of sp³-hybridized carbons (Fsp3) is 0.208. The Bertz CT molecular complexity index is 1040. The van der Waals surface area contributed by atoms with E-state index >= 15 is 0 Å². The summed E-state index contributed by atoms with van der Waals surface area (Å²) < 4.78 is 18.3. The Kier molecular flexibility index (Phi) is 5.55. The molecule has 0 radical (unpaired) electrons. The van der Waals surface area contributed by atoms with Gasteiger partial charge < -0.3 is 13.8 Å². The Morgan fingerprint density at radius 3 is 2.34 bits per heavy atom. The number of hydrogen-bond donors (Lipinski definition) is 0. The van der Waals surface area contributed by atoms with E-state index < -0.39 is 8.38 Å². The molecule has 0 saturated carbocycles. The predicted octanol–water partition coefficient (Wildman–Crippen LogP) is 5.74. The van der Waals surface area contributed by atoms with Crippen LogP contribution in [-0.4, -0.2) is 12.4 Å². The minimum Gasteiger partial charge on any atom is -0.486 e. The van der Waals surface area contributed by atoms with Crippen molar-refractivity contribution < 1.29 is 18.6 Å². The molecule has 0 aromatic heterocycles. The van der Waals surface area contributed by atoms with Gasteiger partial charge in [0, 0.05) is 12.0 Å². The van der Waals surface area contributed by atoms with E-state index in [1.165, 1.54) is 0 Å². The largest absolute Gasteiger partial charge is 0.486 e. The van der Waals surface area contributed by atoms with Gasteiger partial charge in [0.05, 0.1) is 5.30 Å². The zero-order valence-electron chi connectivity index (χ0n) is 16.8. The second kappa shape index (κ2) is 8.26. The van der Waals surface area contributed by atoms with Crippen molar-refractivity contribution in [3.63, 3.8) is 0 Å². The van der Waals surface area contributed by atoms with Gasteiger partial charge in [-0.3, -0.25) is 4.79 Å². The maximum Gasteiger partial charge on any atom is 0.326 e. The Hall–Kier alpha value is -2.84. The Morgan fingerprint density at radius 2 is 1.62 bits per heavy atom. The first kappa shape index (κ1) is 19.5. The number of benzene rings is 3. The number of carbonyl (C=O) groups is 1. The van der Waals surface area contributed by atoms with E-state index in [2.05, 4.69) is 18.2 Å². The van der Waals surface area contributed by atoms with Gasteiger partial charge in [0.2, 0.25) is 0 Å². The Labute approximate surface area is 172 Å². The van der Waals surface area contributed by atoms with Crippen LogP contribution in [0.3, 0.4) is 0 Å². The summed E-state index contributed by atoms with van der Waals surface area (Å²) in [7, 11) is -1.31. The minimum atomic E-state index is -1.31. The second-order valence-electron chi connectivity index (χ2n) is 7.02. The molecule has 0 N–H and O–H groups in total. The van der Waals surface area contributed by atoms with Gasteiger partial charge in [0.15, 0.2) is 5.78 Å². The van der Waals surface area contributed by atoms with E-state index in [9.17, 15) is 4.79 Å². The van der Waals surface area contributed by atoms with Crippen LogP contribution in [0.15, 0.2) is 60.7 Å². The maximum atomic E-state index is 11.5. The fourth-order valence-corrected chi connectivity index (χ4v) is 4.95. The van der Waals surface area contributed by atoms with Gasteiger partial charge in [-0.05, 0) is 54.8 Å². The fourth-order valence-electron chi connectivity index (χ4n) is 3.32. The SMILES string of the molecule is CCC(=O)COc1cc(C)c(OP2Oc3ccccc3-c3ccccc32)c(C)c1. The van der Waals surface area contributed by atoms with Crippen LogP contribution in [-0.2, 0) is 4.79 Å². The number of aryl methyl sites for hydroxylation is 2. The van der Waals surface area contributed by atoms with Crippen LogP contribution in [0.2, 0.25) is 0 Å². The van der Waals surface area contributed by atoms with Crippen molar-refractivity contribution >= 4 is 19.5 Å². The van der Waals surface area contributed by atoms with E-state index in [-0.39, 0.29) is 12.4 Å². The van der Waals surface area contributed by atoms with Crippen molar-refractivity contribution in [1.82, 2.24) is 0 Å². The molecule has 4 rings (SSSR count). The van der Waals surface area contributed by atoms with Crippen molar-refractivity contribution in [1.29, 1.82) is 0 Å². The molecule has 1 heterocycles. The highest BCUT2D eigenvalue weighted by Gasteiger charge is 2.29. The molecule has 0 spiro atoms. The normalized spacial score (nSPS) is 14.4. The van der Waals surface area contributed by atoms with E-state index in [1.54, 1.807) is 0 Å². The lowest BCUT2D eigenvalue weighted by atomic mass is 10.0. The number of ketones is 1. The summed E-state index contributed by atoms with van der Waals surface area (Å²) in [6, 6.07) is 20.1. The highest BCUT2D eigenvalue weighted by Crippen LogP contribution is 2.50. The highest BCUT2D eigenvalue weighted by atomic mass is 31.2. The molecule has 0 bridgehead atoms. The monoisotopic (exact) mass is 406 g/mol. The summed E-state index contributed by atoms with van der Waals surface area (Å²) in [5.41, 5.74) is 4.13. The van der Waals surface area contributed by atoms with Crippen LogP contribution in [0, 0.1) is 13.8 Å². The summed E-state index contributed by atoms with van der Waals surface area (Å²) in [6.07, 6.45) is 0.474. The van der Waals surface area contributed by atoms with E-state index in [0.29, 0.717) is 12.2 Å². The molecule has 29 heavy (non-hydrogen) atoms. The number of para-hydroxylation sites is 1. The van der Waals surface area contributed by atoms with E-state index in [0.717, 1.165) is 39.1 Å². The Balaban J connectivity index is 1.62. The Morgan fingerprint density at radius 1 is 0.966 bits per heavy atom. The summed E-state index contributed by atoms with van der Waals surface area (Å²) >= 11 is 0. The summed E-state index contributed by atoms with van der Waals surface area (Å²) in [5.74, 6) is 2.39. The summed E-state index contributed by atoms with van der Waals surface area (Å²) in [5, 5.41) is 1.06. The molecule has 1 atom stereocenters. The van der Waals surface area contributed by atoms with Crippen LogP contribution in [0.4, 0.5) is 0 Å². The van der Waals surface area contributed by atoms with Gasteiger partial charge in [-0.15, -0.1) is 0 Å². The topological polar surface area (TPSA) is 44.8 Å². The zero-order chi connectivity index (χ0) is 20.4. The molecule has 1 unspecified atom stereocenters. The number of carbonyl (C=O) groups excluding carboxylic acids is 1. The molecule has 3 aromatic carbocycles. The number of ether oxygens (including phenoxy) is 1. The quantitative estimate of drug-likeness (QED) is 0.490. The maximum absolute atomic E-state index is 11.5. The first-order valence-electron chi connectivity index (χ1n) is 9.67. The van der Waals surface area contributed by atoms with E-state index in [4.69, 9.17) is 13.8 Å². The third kappa shape index (κ3) is 3.99. The van der Waals surface area contributed by atoms with Crippen LogP contribution in [0.5, 0.6) is 17.2 Å². The zero-order valence-corrected chi connectivity index (χ0v) is 17.7. The lowest BCUT2D eigenvalue weighted by molar-refractivity contribution is -0.120. The molecule has 0 saturated heterocycles. The van der Waals surface area contributed by atoms with Crippen molar-refractivity contribution in [2.24, 2.45) is 0 Å². The predicted molar refractivity (Wildman–Crippen MR) is 116 cm³/mol. The smallest absolute Gasteiger partial charge is 0.326 e. The average molecular weight is 406 g/mol. The number of Topliss-reactive ketones (excluding diaryl/α,β-unsaturated/α-hetero) is 1. The summed E-state index contributed by atoms with van der Waals surface area (Å²) in [4.78, 5) is 11.5. The molecule has 1 aliphatic heterocycles. The number of rotatable bonds is 6. The van der Waals surface area contributed by atoms with E-state index in [1.807, 2.05) is 63.2 Å². The molecule has 0 fully saturated rings. The van der Waals surface area contributed by atoms with Crippen LogP contribution in [0.1, 0.15) is 24.5 Å². The van der Waals surface area contributed by atoms with Crippen molar-refractivity contribution in [2.75, 3.05) is 6.61 Å². The molecule has 0 aliphatic carbocycles. The first-order chi connectivity index (χ1) is 14.1. The standard InChI is InChI=1S/C24H23O4P/c1-4-18(25)15-26-19-13-16(2)24(17(3)14-19)28-29-23-12-8-6-10-21(23)20-9-5-7-11-22(20)27-29/h5-14H,4,15H2,1-3H3. The molecule has 5 heteroatoms. The van der Waals surface area contributed by atoms with Gasteiger partial charge in [-0.25, -0.2) is 0 Å². The van der Waals surface area contributed by atoms with Crippen LogP contribution in [0.25, 0.3) is 11.1 Å². The minimum absolute atomic E-state index is 0.0787. The average Bonchev–Trinajstić information content (AvgIpc) is 2.74. The van der Waals surface area contributed by atoms with Gasteiger partial charge in [-0.1, -0.05) is 43.3 Å². The van der Waals surface area contributed by atoms with Crippen molar-refractivity contribution in [3.8, 4) is 28.4 Å². The van der Waals surface area contributed by atoms with Gasteiger partial charge >= 0.3 is 8.38 Å². The molecule has 148 valence electrons. The molecule has 3 aromatic rings. The lowest BCUT2D eigenvalue weighted by Gasteiger charge is -2.28. The first-order valence-corrected chi connectivity index (χ1v) is 10.8. The number of hydrogen-bond acceptors (Lipinski definition) is 4. The van der Waals surface area contributed by atoms with Crippen molar-refractivity contribution in [2.45, 2.75) is 27.2 Å². The van der Waals surface area contributed by atoms with Crippen LogP contribution >= 0.6 is 8.38 Å². The third-order valence-corrected chi connectivity index (χ3v) is 6.36. The van der Waals surface area contributed by atoms with Crippen molar-refractivity contribution in [3.05, 3.63) is 71.8 Å². The second-order valence-corrected chi connectivity index (χ2v) is 8.38. The molecule has 4 nitrogen and oxygen atoms in total. The molecule has 0 amide bonds. The van der Waals surface area contributed by atoms with Crippen LogP contribution < -0.4 is 19.1 Å². The van der Waals surface area contributed by atoms with Gasteiger partial charge in [0.1, 0.15) is 23.9 Å². The van der Waals surface area contributed by atoms with Gasteiger partial charge in [0.25, 0.3) is 0 Å². The number of fused-ring (bicyclic) bond motifs is 3. The highest BCUT2D eigenvalue weighted by molar-refractivity contribution is 7.57. The third-order valence-electron chi connectivity index (χ3n) is 4.86. The summed E-state index contributed by atoms with van der Waals surface area (Å²) in [6.45, 7) is 5.89. The van der Waals surface area contributed by atoms with Gasteiger partial charge in [-0.2, -0.15) is 0 Å². The molecule has 1 aliphatic rings. The lowest BCUT2D eigenvalue weighted by Crippen LogP contribution is -2.17. The molecular formula is C24H23O4P. The molecular weight excluding hydrogens is 383 g/mol.